The summed E-state index contributed by atoms with van der Waals surface area (Å²) >= 11 is 0. The first kappa shape index (κ1) is 18.8. The first-order chi connectivity index (χ1) is 11.6. The van der Waals surface area contributed by atoms with Crippen molar-refractivity contribution in [2.75, 3.05) is 19.6 Å². The topological polar surface area (TPSA) is 101 Å². The SMILES string of the molecule is Cc1nn(C)c(C)c1S(=O)(=O)NCC1CCN(S(=O)(=O)C2CC2)CC1. The molecular weight excluding hydrogens is 364 g/mol. The number of aromatic nitrogens is 2. The first-order valence-corrected chi connectivity index (χ1v) is 11.6. The molecule has 8 nitrogen and oxygen atoms in total. The number of rotatable bonds is 6. The van der Waals surface area contributed by atoms with Crippen molar-refractivity contribution < 1.29 is 16.8 Å². The van der Waals surface area contributed by atoms with Gasteiger partial charge in [0.25, 0.3) is 0 Å². The lowest BCUT2D eigenvalue weighted by Gasteiger charge is -2.31. The van der Waals surface area contributed by atoms with Crippen molar-refractivity contribution in [3.63, 3.8) is 0 Å². The molecule has 25 heavy (non-hydrogen) atoms. The molecule has 0 radical (unpaired) electrons. The molecule has 1 aromatic rings. The summed E-state index contributed by atoms with van der Waals surface area (Å²) in [6.45, 7) is 4.71. The van der Waals surface area contributed by atoms with E-state index in [0.717, 1.165) is 12.8 Å². The monoisotopic (exact) mass is 390 g/mol. The van der Waals surface area contributed by atoms with Gasteiger partial charge in [-0.2, -0.15) is 5.10 Å². The Morgan fingerprint density at radius 3 is 2.16 bits per heavy atom. The smallest absolute Gasteiger partial charge is 0.244 e. The number of hydrogen-bond acceptors (Lipinski definition) is 5. The van der Waals surface area contributed by atoms with Crippen LogP contribution in [0.4, 0.5) is 0 Å². The van der Waals surface area contributed by atoms with Crippen molar-refractivity contribution in [3.05, 3.63) is 11.4 Å². The van der Waals surface area contributed by atoms with Crippen LogP contribution in [0.1, 0.15) is 37.1 Å². The standard InChI is InChI=1S/C15H26N4O4S2/c1-11-15(12(2)18(3)17-11)24(20,21)16-10-13-6-8-19(9-7-13)25(22,23)14-4-5-14/h13-14,16H,4-10H2,1-3H3. The van der Waals surface area contributed by atoms with E-state index in [4.69, 9.17) is 0 Å². The van der Waals surface area contributed by atoms with Gasteiger partial charge < -0.3 is 0 Å². The molecule has 0 spiro atoms. The lowest BCUT2D eigenvalue weighted by molar-refractivity contribution is 0.274. The van der Waals surface area contributed by atoms with Gasteiger partial charge in [0.2, 0.25) is 20.0 Å². The van der Waals surface area contributed by atoms with Gasteiger partial charge in [-0.15, -0.1) is 0 Å². The maximum atomic E-state index is 12.6. The third-order valence-corrected chi connectivity index (χ3v) is 9.23. The molecule has 0 amide bonds. The van der Waals surface area contributed by atoms with Crippen LogP contribution >= 0.6 is 0 Å². The van der Waals surface area contributed by atoms with Crippen LogP contribution in [0.2, 0.25) is 0 Å². The van der Waals surface area contributed by atoms with Gasteiger partial charge in [-0.25, -0.2) is 25.9 Å². The summed E-state index contributed by atoms with van der Waals surface area (Å²) < 4.78 is 55.5. The van der Waals surface area contributed by atoms with Crippen LogP contribution < -0.4 is 4.72 Å². The number of aryl methyl sites for hydroxylation is 2. The molecule has 1 saturated heterocycles. The minimum Gasteiger partial charge on any atom is -0.271 e. The second-order valence-corrected chi connectivity index (χ2v) is 11.0. The molecule has 3 rings (SSSR count). The van der Waals surface area contributed by atoms with Gasteiger partial charge >= 0.3 is 0 Å². The molecule has 2 fully saturated rings. The molecule has 0 bridgehead atoms. The Bertz CT molecular complexity index is 848. The second-order valence-electron chi connectivity index (χ2n) is 7.06. The zero-order valence-electron chi connectivity index (χ0n) is 14.9. The molecule has 2 heterocycles. The molecule has 10 heteroatoms. The number of sulfonamides is 2. The molecule has 1 aliphatic heterocycles. The summed E-state index contributed by atoms with van der Waals surface area (Å²) in [5.41, 5.74) is 1.09. The van der Waals surface area contributed by atoms with E-state index in [2.05, 4.69) is 9.82 Å². The fourth-order valence-corrected chi connectivity index (χ4v) is 6.81. The molecule has 1 aromatic heterocycles. The van der Waals surface area contributed by atoms with E-state index in [9.17, 15) is 16.8 Å². The normalized spacial score (nSPS) is 20.9. The van der Waals surface area contributed by atoms with Crippen LogP contribution in [-0.2, 0) is 27.1 Å². The summed E-state index contributed by atoms with van der Waals surface area (Å²) in [6.07, 6.45) is 2.90. The maximum absolute atomic E-state index is 12.6. The summed E-state index contributed by atoms with van der Waals surface area (Å²) in [7, 11) is -5.01. The van der Waals surface area contributed by atoms with Crippen molar-refractivity contribution in [2.24, 2.45) is 13.0 Å². The van der Waals surface area contributed by atoms with E-state index < -0.39 is 20.0 Å². The molecule has 1 saturated carbocycles. The summed E-state index contributed by atoms with van der Waals surface area (Å²) in [5.74, 6) is 0.151. The predicted molar refractivity (Wildman–Crippen MR) is 94.1 cm³/mol. The second kappa shape index (κ2) is 6.64. The third-order valence-electron chi connectivity index (χ3n) is 5.15. The molecule has 0 aromatic carbocycles. The molecule has 1 N–H and O–H groups in total. The quantitative estimate of drug-likeness (QED) is 0.763. The highest BCUT2D eigenvalue weighted by Crippen LogP contribution is 2.33. The fraction of sp³-hybridized carbons (Fsp3) is 0.800. The Hall–Kier alpha value is -0.970. The number of nitrogens with one attached hydrogen (secondary N) is 1. The third kappa shape index (κ3) is 3.76. The Morgan fingerprint density at radius 1 is 1.08 bits per heavy atom. The van der Waals surface area contributed by atoms with Gasteiger partial charge in [0.1, 0.15) is 4.90 Å². The Labute approximate surface area is 149 Å². The van der Waals surface area contributed by atoms with Gasteiger partial charge in [-0.1, -0.05) is 0 Å². The van der Waals surface area contributed by atoms with E-state index in [0.29, 0.717) is 43.9 Å². The van der Waals surface area contributed by atoms with Gasteiger partial charge in [0.15, 0.2) is 0 Å². The summed E-state index contributed by atoms with van der Waals surface area (Å²) in [5, 5.41) is 3.97. The average Bonchev–Trinajstić information content (AvgIpc) is 3.35. The van der Waals surface area contributed by atoms with Gasteiger partial charge in [0, 0.05) is 26.7 Å². The Kier molecular flexibility index (Phi) is 5.00. The fourth-order valence-electron chi connectivity index (χ4n) is 3.39. The van der Waals surface area contributed by atoms with E-state index >= 15 is 0 Å². The number of nitrogens with zero attached hydrogens (tertiary/aromatic N) is 3. The highest BCUT2D eigenvalue weighted by molar-refractivity contribution is 7.90. The number of hydrogen-bond donors (Lipinski definition) is 1. The lowest BCUT2D eigenvalue weighted by Crippen LogP contribution is -2.42. The minimum absolute atomic E-state index is 0.151. The van der Waals surface area contributed by atoms with Crippen LogP contribution in [-0.4, -0.2) is 55.8 Å². The van der Waals surface area contributed by atoms with Crippen LogP contribution in [0.15, 0.2) is 4.90 Å². The van der Waals surface area contributed by atoms with Crippen LogP contribution in [0.5, 0.6) is 0 Å². The maximum Gasteiger partial charge on any atom is 0.244 e. The van der Waals surface area contributed by atoms with Gasteiger partial charge in [-0.3, -0.25) is 4.68 Å². The predicted octanol–water partition coefficient (Wildman–Crippen LogP) is 0.519. The Balaban J connectivity index is 1.58. The van der Waals surface area contributed by atoms with E-state index in [1.807, 2.05) is 0 Å². The van der Waals surface area contributed by atoms with Crippen molar-refractivity contribution in [3.8, 4) is 0 Å². The van der Waals surface area contributed by atoms with Crippen molar-refractivity contribution >= 4 is 20.0 Å². The molecule has 0 unspecified atom stereocenters. The van der Waals surface area contributed by atoms with Gasteiger partial charge in [0.05, 0.1) is 16.6 Å². The summed E-state index contributed by atoms with van der Waals surface area (Å²) in [4.78, 5) is 0.240. The van der Waals surface area contributed by atoms with Gasteiger partial charge in [-0.05, 0) is 45.4 Å². The molecular formula is C15H26N4O4S2. The zero-order chi connectivity index (χ0) is 18.4. The highest BCUT2D eigenvalue weighted by Gasteiger charge is 2.41. The van der Waals surface area contributed by atoms with Crippen molar-refractivity contribution in [1.29, 1.82) is 0 Å². The molecule has 142 valence electrons. The zero-order valence-corrected chi connectivity index (χ0v) is 16.5. The van der Waals surface area contributed by atoms with Crippen LogP contribution in [0.25, 0.3) is 0 Å². The largest absolute Gasteiger partial charge is 0.271 e. The van der Waals surface area contributed by atoms with Crippen LogP contribution in [0, 0.1) is 19.8 Å². The molecule has 2 aliphatic rings. The highest BCUT2D eigenvalue weighted by atomic mass is 32.2. The van der Waals surface area contributed by atoms with Crippen molar-refractivity contribution in [2.45, 2.75) is 49.7 Å². The molecule has 1 aliphatic carbocycles. The van der Waals surface area contributed by atoms with E-state index in [1.165, 1.54) is 0 Å². The van der Waals surface area contributed by atoms with E-state index in [1.54, 1.807) is 29.9 Å². The number of piperidine rings is 1. The van der Waals surface area contributed by atoms with E-state index in [-0.39, 0.29) is 16.1 Å². The average molecular weight is 391 g/mol. The lowest BCUT2D eigenvalue weighted by atomic mass is 9.99. The van der Waals surface area contributed by atoms with Crippen LogP contribution in [0.3, 0.4) is 0 Å². The van der Waals surface area contributed by atoms with Crippen molar-refractivity contribution in [1.82, 2.24) is 18.8 Å². The molecule has 0 atom stereocenters. The Morgan fingerprint density at radius 2 is 1.68 bits per heavy atom. The first-order valence-electron chi connectivity index (χ1n) is 8.61. The summed E-state index contributed by atoms with van der Waals surface area (Å²) in [6, 6.07) is 0. The minimum atomic E-state index is -3.61.